The fourth-order valence-corrected chi connectivity index (χ4v) is 2.53. The summed E-state index contributed by atoms with van der Waals surface area (Å²) in [5, 5.41) is 10.4. The van der Waals surface area contributed by atoms with Gasteiger partial charge in [-0.25, -0.2) is 0 Å². The Kier molecular flexibility index (Phi) is 3.41. The highest BCUT2D eigenvalue weighted by Gasteiger charge is 2.26. The minimum absolute atomic E-state index is 0.0425. The quantitative estimate of drug-likeness (QED) is 0.883. The van der Waals surface area contributed by atoms with E-state index in [0.29, 0.717) is 6.54 Å². The lowest BCUT2D eigenvalue weighted by Crippen LogP contribution is -2.44. The predicted octanol–water partition coefficient (Wildman–Crippen LogP) is 1.42. The summed E-state index contributed by atoms with van der Waals surface area (Å²) in [6, 6.07) is 9.80. The number of amides is 1. The average Bonchev–Trinajstić information content (AvgIpc) is 3.06. The molecule has 1 aromatic heterocycles. The van der Waals surface area contributed by atoms with Gasteiger partial charge in [-0.15, -0.1) is 0 Å². The molecule has 1 amide bonds. The molecule has 0 saturated carbocycles. The largest absolute Gasteiger partial charge is 0.373 e. The topological polar surface area (TPSA) is 59.0 Å². The van der Waals surface area contributed by atoms with Crippen molar-refractivity contribution in [2.45, 2.75) is 32.0 Å². The molecule has 2 N–H and O–H groups in total. The van der Waals surface area contributed by atoms with Crippen LogP contribution in [0.4, 0.5) is 5.69 Å². The van der Waals surface area contributed by atoms with E-state index in [9.17, 15) is 4.79 Å². The molecule has 1 aliphatic rings. The molecule has 2 atom stereocenters. The molecular formula is C15H18N4O. The maximum Gasteiger partial charge on any atom is 0.243 e. The monoisotopic (exact) mass is 270 g/mol. The van der Waals surface area contributed by atoms with Crippen LogP contribution in [-0.2, 0) is 17.8 Å². The van der Waals surface area contributed by atoms with Crippen molar-refractivity contribution in [1.82, 2.24) is 15.1 Å². The molecule has 104 valence electrons. The van der Waals surface area contributed by atoms with E-state index in [1.807, 2.05) is 42.1 Å². The highest BCUT2D eigenvalue weighted by molar-refractivity contribution is 5.87. The van der Waals surface area contributed by atoms with E-state index in [-0.39, 0.29) is 18.0 Å². The number of benzene rings is 1. The number of hydrogen-bond acceptors (Lipinski definition) is 3. The summed E-state index contributed by atoms with van der Waals surface area (Å²) in [5.74, 6) is 0.0425. The number of hydrogen-bond donors (Lipinski definition) is 2. The number of aromatic nitrogens is 2. The number of nitrogens with one attached hydrogen (secondary N) is 2. The van der Waals surface area contributed by atoms with Gasteiger partial charge in [0, 0.05) is 30.5 Å². The van der Waals surface area contributed by atoms with Crippen molar-refractivity contribution < 1.29 is 4.79 Å². The maximum absolute atomic E-state index is 12.2. The van der Waals surface area contributed by atoms with Gasteiger partial charge in [0.1, 0.15) is 6.04 Å². The molecule has 0 aliphatic carbocycles. The summed E-state index contributed by atoms with van der Waals surface area (Å²) in [7, 11) is 0. The fourth-order valence-electron chi connectivity index (χ4n) is 2.53. The molecule has 0 saturated heterocycles. The minimum atomic E-state index is -0.174. The van der Waals surface area contributed by atoms with Gasteiger partial charge >= 0.3 is 0 Å². The Hall–Kier alpha value is -2.30. The molecule has 1 aliphatic heterocycles. The zero-order chi connectivity index (χ0) is 13.9. The lowest BCUT2D eigenvalue weighted by atomic mass is 10.1. The van der Waals surface area contributed by atoms with Crippen molar-refractivity contribution in [3.63, 3.8) is 0 Å². The molecule has 0 spiro atoms. The molecule has 5 heteroatoms. The Labute approximate surface area is 118 Å². The van der Waals surface area contributed by atoms with Crippen LogP contribution in [0, 0.1) is 0 Å². The number of nitrogens with zero attached hydrogens (tertiary/aromatic N) is 2. The third kappa shape index (κ3) is 2.66. The molecule has 2 heterocycles. The van der Waals surface area contributed by atoms with Gasteiger partial charge in [0.25, 0.3) is 0 Å². The van der Waals surface area contributed by atoms with Crippen molar-refractivity contribution >= 4 is 11.6 Å². The second-order valence-electron chi connectivity index (χ2n) is 5.20. The minimum Gasteiger partial charge on any atom is -0.373 e. The number of carbonyl (C=O) groups is 1. The van der Waals surface area contributed by atoms with Crippen LogP contribution in [0.3, 0.4) is 0 Å². The Morgan fingerprint density at radius 3 is 3.10 bits per heavy atom. The lowest BCUT2D eigenvalue weighted by molar-refractivity contribution is -0.122. The molecule has 0 bridgehead atoms. The van der Waals surface area contributed by atoms with Crippen LogP contribution in [0.5, 0.6) is 0 Å². The normalized spacial score (nSPS) is 18.1. The van der Waals surface area contributed by atoms with Crippen LogP contribution in [0.25, 0.3) is 0 Å². The van der Waals surface area contributed by atoms with Gasteiger partial charge in [-0.1, -0.05) is 18.2 Å². The molecule has 1 unspecified atom stereocenters. The molecular weight excluding hydrogens is 252 g/mol. The van der Waals surface area contributed by atoms with Gasteiger partial charge in [0.05, 0.1) is 6.54 Å². The Bertz CT molecular complexity index is 569. The molecule has 0 fully saturated rings. The van der Waals surface area contributed by atoms with Gasteiger partial charge < -0.3 is 10.6 Å². The van der Waals surface area contributed by atoms with Gasteiger partial charge in [-0.05, 0) is 24.6 Å². The predicted molar refractivity (Wildman–Crippen MR) is 77.4 cm³/mol. The van der Waals surface area contributed by atoms with E-state index < -0.39 is 0 Å². The van der Waals surface area contributed by atoms with Crippen molar-refractivity contribution in [3.8, 4) is 0 Å². The van der Waals surface area contributed by atoms with Crippen molar-refractivity contribution in [3.05, 3.63) is 48.3 Å². The number of para-hydroxylation sites is 1. The van der Waals surface area contributed by atoms with Crippen LogP contribution in [-0.4, -0.2) is 27.8 Å². The SMILES string of the molecule is CC(Cn1cccn1)NC(=O)[C@@H]1Cc2ccccc2N1. The number of fused-ring (bicyclic) bond motifs is 1. The Morgan fingerprint density at radius 1 is 1.50 bits per heavy atom. The zero-order valence-corrected chi connectivity index (χ0v) is 11.4. The Morgan fingerprint density at radius 2 is 2.35 bits per heavy atom. The van der Waals surface area contributed by atoms with Crippen LogP contribution < -0.4 is 10.6 Å². The summed E-state index contributed by atoms with van der Waals surface area (Å²) in [4.78, 5) is 12.2. The summed E-state index contributed by atoms with van der Waals surface area (Å²) in [6.07, 6.45) is 4.38. The van der Waals surface area contributed by atoms with Gasteiger partial charge in [-0.2, -0.15) is 5.10 Å². The van der Waals surface area contributed by atoms with E-state index in [0.717, 1.165) is 12.1 Å². The summed E-state index contributed by atoms with van der Waals surface area (Å²) < 4.78 is 1.82. The van der Waals surface area contributed by atoms with Gasteiger partial charge in [0.2, 0.25) is 5.91 Å². The van der Waals surface area contributed by atoms with Gasteiger partial charge in [0.15, 0.2) is 0 Å². The second kappa shape index (κ2) is 5.36. The van der Waals surface area contributed by atoms with E-state index in [1.165, 1.54) is 5.56 Å². The first-order chi connectivity index (χ1) is 9.72. The van der Waals surface area contributed by atoms with Crippen molar-refractivity contribution in [1.29, 1.82) is 0 Å². The molecule has 0 radical (unpaired) electrons. The van der Waals surface area contributed by atoms with Gasteiger partial charge in [-0.3, -0.25) is 9.48 Å². The molecule has 20 heavy (non-hydrogen) atoms. The summed E-state index contributed by atoms with van der Waals surface area (Å²) >= 11 is 0. The van der Waals surface area contributed by atoms with Crippen LogP contribution in [0.2, 0.25) is 0 Å². The van der Waals surface area contributed by atoms with Crippen LogP contribution in [0.1, 0.15) is 12.5 Å². The van der Waals surface area contributed by atoms with Crippen molar-refractivity contribution in [2.24, 2.45) is 0 Å². The lowest BCUT2D eigenvalue weighted by Gasteiger charge is -2.17. The van der Waals surface area contributed by atoms with Crippen molar-refractivity contribution in [2.75, 3.05) is 5.32 Å². The molecule has 3 rings (SSSR count). The van der Waals surface area contributed by atoms with E-state index in [4.69, 9.17) is 0 Å². The smallest absolute Gasteiger partial charge is 0.243 e. The van der Waals surface area contributed by atoms with E-state index >= 15 is 0 Å². The zero-order valence-electron chi connectivity index (χ0n) is 11.4. The van der Waals surface area contributed by atoms with E-state index in [1.54, 1.807) is 6.20 Å². The molecule has 2 aromatic rings. The van der Waals surface area contributed by atoms with Crippen LogP contribution in [0.15, 0.2) is 42.7 Å². The first-order valence-corrected chi connectivity index (χ1v) is 6.84. The number of carbonyl (C=O) groups excluding carboxylic acids is 1. The Balaban J connectivity index is 1.56. The second-order valence-corrected chi connectivity index (χ2v) is 5.20. The third-order valence-electron chi connectivity index (χ3n) is 3.50. The maximum atomic E-state index is 12.2. The highest BCUT2D eigenvalue weighted by Crippen LogP contribution is 2.25. The standard InChI is InChI=1S/C15H18N4O/c1-11(10-19-8-4-7-16-19)17-15(20)14-9-12-5-2-3-6-13(12)18-14/h2-8,11,14,18H,9-10H2,1H3,(H,17,20)/t11?,14-/m0/s1. The third-order valence-corrected chi connectivity index (χ3v) is 3.50. The average molecular weight is 270 g/mol. The molecule has 1 aromatic carbocycles. The summed E-state index contributed by atoms with van der Waals surface area (Å²) in [5.41, 5.74) is 2.26. The number of rotatable bonds is 4. The highest BCUT2D eigenvalue weighted by atomic mass is 16.2. The fraction of sp³-hybridized carbons (Fsp3) is 0.333. The van der Waals surface area contributed by atoms with Crippen LogP contribution >= 0.6 is 0 Å². The first kappa shape index (κ1) is 12.7. The number of anilines is 1. The first-order valence-electron chi connectivity index (χ1n) is 6.84. The molecule has 5 nitrogen and oxygen atoms in total. The summed E-state index contributed by atoms with van der Waals surface area (Å²) in [6.45, 7) is 2.67. The van der Waals surface area contributed by atoms with E-state index in [2.05, 4.69) is 21.8 Å².